The average molecular weight is 359 g/mol. The fraction of sp³-hybridized carbons (Fsp3) is 0.632. The van der Waals surface area contributed by atoms with Gasteiger partial charge >= 0.3 is 5.69 Å². The summed E-state index contributed by atoms with van der Waals surface area (Å²) in [6, 6.07) is 2.07. The Balaban J connectivity index is 1.76. The van der Waals surface area contributed by atoms with Crippen LogP contribution in [0.25, 0.3) is 0 Å². The van der Waals surface area contributed by atoms with Crippen LogP contribution in [0.5, 0.6) is 0 Å². The van der Waals surface area contributed by atoms with Crippen LogP contribution in [0.1, 0.15) is 53.3 Å². The highest BCUT2D eigenvalue weighted by Crippen LogP contribution is 2.27. The second kappa shape index (κ2) is 7.13. The molecule has 2 aromatic heterocycles. The molecule has 0 bridgehead atoms. The second-order valence-electron chi connectivity index (χ2n) is 7.55. The van der Waals surface area contributed by atoms with Crippen molar-refractivity contribution in [3.63, 3.8) is 0 Å². The molecule has 0 aliphatic heterocycles. The Labute approximate surface area is 154 Å². The summed E-state index contributed by atoms with van der Waals surface area (Å²) in [5, 5.41) is 7.61. The van der Waals surface area contributed by atoms with Crippen molar-refractivity contribution < 1.29 is 4.79 Å². The van der Waals surface area contributed by atoms with Gasteiger partial charge in [-0.1, -0.05) is 12.8 Å². The number of hydrogen-bond donors (Lipinski definition) is 1. The minimum atomic E-state index is -0.105. The third kappa shape index (κ3) is 3.34. The normalized spacial score (nSPS) is 20.3. The van der Waals surface area contributed by atoms with Crippen LogP contribution in [0.2, 0.25) is 0 Å². The van der Waals surface area contributed by atoms with E-state index in [0.29, 0.717) is 12.3 Å². The van der Waals surface area contributed by atoms with Gasteiger partial charge in [0.25, 0.3) is 5.91 Å². The molecule has 2 aromatic rings. The van der Waals surface area contributed by atoms with E-state index in [1.165, 1.54) is 4.68 Å². The largest absolute Gasteiger partial charge is 0.351 e. The van der Waals surface area contributed by atoms with E-state index in [0.717, 1.165) is 48.5 Å². The van der Waals surface area contributed by atoms with Crippen LogP contribution in [0.3, 0.4) is 0 Å². The van der Waals surface area contributed by atoms with E-state index in [1.54, 1.807) is 18.7 Å². The molecule has 0 aromatic carbocycles. The van der Waals surface area contributed by atoms with Crippen LogP contribution in [0, 0.1) is 19.8 Å². The number of rotatable bonds is 4. The molecule has 2 atom stereocenters. The zero-order chi connectivity index (χ0) is 19.0. The Bertz CT molecular complexity index is 873. The van der Waals surface area contributed by atoms with Crippen LogP contribution in [0.15, 0.2) is 10.9 Å². The Hall–Kier alpha value is -2.31. The van der Waals surface area contributed by atoms with E-state index in [4.69, 9.17) is 0 Å². The summed E-state index contributed by atoms with van der Waals surface area (Å²) in [6.07, 6.45) is 5.01. The van der Waals surface area contributed by atoms with Gasteiger partial charge in [0.1, 0.15) is 5.82 Å². The second-order valence-corrected chi connectivity index (χ2v) is 7.55. The minimum Gasteiger partial charge on any atom is -0.351 e. The third-order valence-corrected chi connectivity index (χ3v) is 5.91. The lowest BCUT2D eigenvalue weighted by atomic mass is 9.82. The highest BCUT2D eigenvalue weighted by atomic mass is 16.2. The van der Waals surface area contributed by atoms with E-state index in [2.05, 4.69) is 10.4 Å². The van der Waals surface area contributed by atoms with Gasteiger partial charge in [-0.05, 0) is 38.7 Å². The number of aryl methyl sites for hydroxylation is 2. The van der Waals surface area contributed by atoms with Crippen molar-refractivity contribution >= 4 is 5.91 Å². The summed E-state index contributed by atoms with van der Waals surface area (Å²) in [6.45, 7) is 3.98. The van der Waals surface area contributed by atoms with E-state index >= 15 is 0 Å². The van der Waals surface area contributed by atoms with Gasteiger partial charge in [0.05, 0.1) is 5.56 Å². The summed E-state index contributed by atoms with van der Waals surface area (Å²) in [5.74, 6) is 1.09. The van der Waals surface area contributed by atoms with Gasteiger partial charge in [0.2, 0.25) is 0 Å². The van der Waals surface area contributed by atoms with Crippen molar-refractivity contribution in [1.82, 2.24) is 24.2 Å². The zero-order valence-corrected chi connectivity index (χ0v) is 16.4. The highest BCUT2D eigenvalue weighted by molar-refractivity contribution is 5.95. The first-order valence-electron chi connectivity index (χ1n) is 9.32. The Morgan fingerprint density at radius 3 is 2.46 bits per heavy atom. The lowest BCUT2D eigenvalue weighted by Crippen LogP contribution is -2.43. The average Bonchev–Trinajstić information content (AvgIpc) is 3.01. The molecule has 0 saturated heterocycles. The molecular formula is C19H29N5O2. The lowest BCUT2D eigenvalue weighted by Gasteiger charge is -2.32. The smallest absolute Gasteiger partial charge is 0.345 e. The van der Waals surface area contributed by atoms with Crippen LogP contribution < -0.4 is 11.0 Å². The van der Waals surface area contributed by atoms with Crippen molar-refractivity contribution in [2.75, 3.05) is 0 Å². The number of nitrogens with one attached hydrogen (secondary N) is 1. The van der Waals surface area contributed by atoms with Gasteiger partial charge in [-0.3, -0.25) is 9.36 Å². The van der Waals surface area contributed by atoms with Crippen molar-refractivity contribution in [2.24, 2.45) is 27.1 Å². The van der Waals surface area contributed by atoms with Crippen molar-refractivity contribution in [3.8, 4) is 0 Å². The summed E-state index contributed by atoms with van der Waals surface area (Å²) < 4.78 is 5.02. The first kappa shape index (κ1) is 18.5. The van der Waals surface area contributed by atoms with Gasteiger partial charge < -0.3 is 9.88 Å². The minimum absolute atomic E-state index is 0.00184. The summed E-state index contributed by atoms with van der Waals surface area (Å²) in [5.41, 5.74) is 2.71. The molecule has 2 heterocycles. The van der Waals surface area contributed by atoms with Crippen molar-refractivity contribution in [3.05, 3.63) is 39.3 Å². The first-order valence-corrected chi connectivity index (χ1v) is 9.32. The molecule has 1 N–H and O–H groups in total. The van der Waals surface area contributed by atoms with E-state index in [1.807, 2.05) is 31.5 Å². The molecule has 1 aliphatic rings. The molecule has 7 heteroatoms. The van der Waals surface area contributed by atoms with Crippen LogP contribution in [0.4, 0.5) is 0 Å². The van der Waals surface area contributed by atoms with Crippen molar-refractivity contribution in [2.45, 2.75) is 52.0 Å². The Kier molecular flexibility index (Phi) is 5.07. The molecule has 0 spiro atoms. The lowest BCUT2D eigenvalue weighted by molar-refractivity contribution is 0.0904. The molecule has 1 fully saturated rings. The topological polar surface area (TPSA) is 73.8 Å². The molecule has 0 radical (unpaired) electrons. The van der Waals surface area contributed by atoms with Gasteiger partial charge in [-0.15, -0.1) is 0 Å². The summed E-state index contributed by atoms with van der Waals surface area (Å²) in [4.78, 5) is 24.8. The van der Waals surface area contributed by atoms with Crippen molar-refractivity contribution in [1.29, 1.82) is 0 Å². The predicted molar refractivity (Wildman–Crippen MR) is 100 cm³/mol. The molecule has 7 nitrogen and oxygen atoms in total. The molecule has 1 aliphatic carbocycles. The fourth-order valence-corrected chi connectivity index (χ4v) is 4.00. The highest BCUT2D eigenvalue weighted by Gasteiger charge is 2.29. The monoisotopic (exact) mass is 359 g/mol. The van der Waals surface area contributed by atoms with Gasteiger partial charge in [-0.2, -0.15) is 5.10 Å². The number of amides is 1. The number of aromatic nitrogens is 4. The van der Waals surface area contributed by atoms with Crippen LogP contribution in [-0.2, 0) is 27.6 Å². The quantitative estimate of drug-likeness (QED) is 0.901. The number of hydrogen-bond acceptors (Lipinski definition) is 3. The maximum Gasteiger partial charge on any atom is 0.345 e. The summed E-state index contributed by atoms with van der Waals surface area (Å²) in [7, 11) is 5.41. The van der Waals surface area contributed by atoms with Gasteiger partial charge in [0, 0.05) is 45.0 Å². The van der Waals surface area contributed by atoms with Crippen LogP contribution >= 0.6 is 0 Å². The Morgan fingerprint density at radius 2 is 1.88 bits per heavy atom. The van der Waals surface area contributed by atoms with Crippen LogP contribution in [-0.4, -0.2) is 30.9 Å². The predicted octanol–water partition coefficient (Wildman–Crippen LogP) is 1.61. The molecule has 1 amide bonds. The summed E-state index contributed by atoms with van der Waals surface area (Å²) >= 11 is 0. The molecular weight excluding hydrogens is 330 g/mol. The number of carbonyl (C=O) groups is 1. The maximum absolute atomic E-state index is 12.8. The molecule has 142 valence electrons. The van der Waals surface area contributed by atoms with Gasteiger partial charge in [-0.25, -0.2) is 9.48 Å². The first-order chi connectivity index (χ1) is 12.3. The van der Waals surface area contributed by atoms with E-state index in [-0.39, 0.29) is 17.6 Å². The SMILES string of the molecule is Cc1cc(C(=O)N[C@@H]2CCCC[C@@H]2Cc2nn(C)c(=O)n2C)c(C)n1C. The molecule has 1 saturated carbocycles. The maximum atomic E-state index is 12.8. The molecule has 3 rings (SSSR count). The fourth-order valence-electron chi connectivity index (χ4n) is 4.00. The standard InChI is InChI=1S/C19H29N5O2/c1-12-10-15(13(2)22(12)3)18(25)20-16-9-7-6-8-14(16)11-17-21-24(5)19(26)23(17)4/h10,14,16H,6-9,11H2,1-5H3,(H,20,25)/t14-,16-/m1/s1. The molecule has 26 heavy (non-hydrogen) atoms. The zero-order valence-electron chi connectivity index (χ0n) is 16.4. The van der Waals surface area contributed by atoms with Gasteiger partial charge in [0.15, 0.2) is 0 Å². The van der Waals surface area contributed by atoms with E-state index in [9.17, 15) is 9.59 Å². The molecule has 0 unspecified atom stereocenters. The third-order valence-electron chi connectivity index (χ3n) is 5.91. The number of carbonyl (C=O) groups excluding carboxylic acids is 1. The number of nitrogens with zero attached hydrogens (tertiary/aromatic N) is 4. The Morgan fingerprint density at radius 1 is 1.19 bits per heavy atom. The van der Waals surface area contributed by atoms with E-state index < -0.39 is 0 Å².